The highest BCUT2D eigenvalue weighted by Crippen LogP contribution is 2.28. The van der Waals surface area contributed by atoms with E-state index in [9.17, 15) is 0 Å². The summed E-state index contributed by atoms with van der Waals surface area (Å²) in [5.74, 6) is 0.799. The molecule has 2 heterocycles. The number of likely N-dealkylation sites (tertiary alicyclic amines) is 1. The lowest BCUT2D eigenvalue weighted by molar-refractivity contribution is 0.0380. The van der Waals surface area contributed by atoms with E-state index in [0.717, 1.165) is 19.1 Å². The van der Waals surface area contributed by atoms with E-state index < -0.39 is 0 Å². The molecule has 0 aromatic rings. The van der Waals surface area contributed by atoms with Gasteiger partial charge in [0.15, 0.2) is 0 Å². The van der Waals surface area contributed by atoms with Crippen LogP contribution >= 0.6 is 0 Å². The predicted molar refractivity (Wildman–Crippen MR) is 53.7 cm³/mol. The second-order valence-corrected chi connectivity index (χ2v) is 4.44. The average Bonchev–Trinajstić information content (AvgIpc) is 2.49. The zero-order chi connectivity index (χ0) is 9.26. The first kappa shape index (κ1) is 9.22. The minimum absolute atomic E-state index is 0.571. The van der Waals surface area contributed by atoms with Gasteiger partial charge in [0.05, 0.1) is 6.10 Å². The summed E-state index contributed by atoms with van der Waals surface area (Å²) in [5.41, 5.74) is 1.28. The first-order valence-corrected chi connectivity index (χ1v) is 5.24. The summed E-state index contributed by atoms with van der Waals surface area (Å²) in [7, 11) is 0. The summed E-state index contributed by atoms with van der Waals surface area (Å²) in [6.45, 7) is 10.5. The van der Waals surface area contributed by atoms with Gasteiger partial charge in [-0.3, -0.25) is 4.90 Å². The third-order valence-electron chi connectivity index (χ3n) is 3.06. The molecule has 0 aliphatic carbocycles. The Labute approximate surface area is 80.6 Å². The van der Waals surface area contributed by atoms with Gasteiger partial charge in [-0.15, -0.1) is 0 Å². The van der Waals surface area contributed by atoms with Crippen molar-refractivity contribution >= 4 is 0 Å². The Morgan fingerprint density at radius 1 is 1.54 bits per heavy atom. The topological polar surface area (TPSA) is 12.5 Å². The molecule has 2 fully saturated rings. The van der Waals surface area contributed by atoms with Gasteiger partial charge in [-0.2, -0.15) is 0 Å². The van der Waals surface area contributed by atoms with Gasteiger partial charge in [-0.05, 0) is 19.8 Å². The number of hydrogen-bond donors (Lipinski definition) is 0. The van der Waals surface area contributed by atoms with Crippen molar-refractivity contribution in [3.8, 4) is 0 Å². The molecule has 0 N–H and O–H groups in total. The highest BCUT2D eigenvalue weighted by atomic mass is 16.5. The van der Waals surface area contributed by atoms with Crippen LogP contribution in [0.2, 0.25) is 0 Å². The maximum Gasteiger partial charge on any atom is 0.0628 e. The Hall–Kier alpha value is -0.340. The number of nitrogens with zero attached hydrogens (tertiary/aromatic N) is 1. The van der Waals surface area contributed by atoms with Gasteiger partial charge in [0, 0.05) is 32.2 Å². The molecule has 0 radical (unpaired) electrons. The molecule has 2 rings (SSSR count). The number of hydrogen-bond acceptors (Lipinski definition) is 2. The van der Waals surface area contributed by atoms with Gasteiger partial charge >= 0.3 is 0 Å². The molecule has 0 aromatic heterocycles. The van der Waals surface area contributed by atoms with Gasteiger partial charge in [0.25, 0.3) is 0 Å². The monoisotopic (exact) mass is 181 g/mol. The number of piperidine rings is 1. The fourth-order valence-corrected chi connectivity index (χ4v) is 2.48. The first-order valence-electron chi connectivity index (χ1n) is 5.24. The van der Waals surface area contributed by atoms with Crippen LogP contribution < -0.4 is 0 Å². The van der Waals surface area contributed by atoms with Crippen molar-refractivity contribution in [3.63, 3.8) is 0 Å². The molecule has 74 valence electrons. The maximum atomic E-state index is 5.66. The van der Waals surface area contributed by atoms with Crippen molar-refractivity contribution in [2.24, 2.45) is 5.92 Å². The SMILES string of the molecule is C=C(C)CN1CC[C@H]2OCC[C@H]2C1. The molecule has 0 aromatic carbocycles. The predicted octanol–water partition coefficient (Wildman–Crippen LogP) is 1.67. The Morgan fingerprint density at radius 2 is 2.38 bits per heavy atom. The van der Waals surface area contributed by atoms with E-state index in [-0.39, 0.29) is 0 Å². The molecule has 0 unspecified atom stereocenters. The summed E-state index contributed by atoms with van der Waals surface area (Å²) in [6, 6.07) is 0. The fraction of sp³-hybridized carbons (Fsp3) is 0.818. The van der Waals surface area contributed by atoms with Crippen LogP contribution in [0.3, 0.4) is 0 Å². The van der Waals surface area contributed by atoms with Crippen LogP contribution in [0.1, 0.15) is 19.8 Å². The highest BCUT2D eigenvalue weighted by Gasteiger charge is 2.33. The van der Waals surface area contributed by atoms with Crippen molar-refractivity contribution in [3.05, 3.63) is 12.2 Å². The van der Waals surface area contributed by atoms with E-state index in [0.29, 0.717) is 6.10 Å². The lowest BCUT2D eigenvalue weighted by Crippen LogP contribution is -2.41. The molecule has 2 heteroatoms. The maximum absolute atomic E-state index is 5.66. The quantitative estimate of drug-likeness (QED) is 0.601. The molecule has 2 aliphatic rings. The third-order valence-corrected chi connectivity index (χ3v) is 3.06. The molecule has 0 amide bonds. The van der Waals surface area contributed by atoms with Gasteiger partial charge < -0.3 is 4.74 Å². The van der Waals surface area contributed by atoms with E-state index in [2.05, 4.69) is 18.4 Å². The Kier molecular flexibility index (Phi) is 2.70. The van der Waals surface area contributed by atoms with Gasteiger partial charge in [-0.25, -0.2) is 0 Å². The summed E-state index contributed by atoms with van der Waals surface area (Å²) < 4.78 is 5.66. The minimum Gasteiger partial charge on any atom is -0.378 e. The third kappa shape index (κ3) is 2.12. The number of fused-ring (bicyclic) bond motifs is 1. The van der Waals surface area contributed by atoms with Gasteiger partial charge in [-0.1, -0.05) is 12.2 Å². The molecule has 2 atom stereocenters. The summed E-state index contributed by atoms with van der Waals surface area (Å²) >= 11 is 0. The van der Waals surface area contributed by atoms with Crippen LogP contribution in [0, 0.1) is 5.92 Å². The molecular weight excluding hydrogens is 162 g/mol. The van der Waals surface area contributed by atoms with E-state index in [1.54, 1.807) is 0 Å². The lowest BCUT2D eigenvalue weighted by atomic mass is 9.94. The van der Waals surface area contributed by atoms with Crippen LogP contribution in [0.4, 0.5) is 0 Å². The zero-order valence-electron chi connectivity index (χ0n) is 8.46. The minimum atomic E-state index is 0.571. The van der Waals surface area contributed by atoms with Crippen molar-refractivity contribution < 1.29 is 4.74 Å². The van der Waals surface area contributed by atoms with Crippen LogP contribution in [0.25, 0.3) is 0 Å². The van der Waals surface area contributed by atoms with Crippen molar-refractivity contribution in [2.75, 3.05) is 26.2 Å². The van der Waals surface area contributed by atoms with E-state index in [1.807, 2.05) is 0 Å². The Morgan fingerprint density at radius 3 is 3.15 bits per heavy atom. The molecule has 0 saturated carbocycles. The molecular formula is C11H19NO. The van der Waals surface area contributed by atoms with Crippen LogP contribution in [-0.4, -0.2) is 37.2 Å². The van der Waals surface area contributed by atoms with Crippen LogP contribution in [-0.2, 0) is 4.74 Å². The van der Waals surface area contributed by atoms with E-state index in [4.69, 9.17) is 4.74 Å². The lowest BCUT2D eigenvalue weighted by Gasteiger charge is -2.34. The Balaban J connectivity index is 1.86. The molecule has 2 nitrogen and oxygen atoms in total. The molecule has 13 heavy (non-hydrogen) atoms. The number of ether oxygens (including phenoxy) is 1. The second-order valence-electron chi connectivity index (χ2n) is 4.44. The first-order chi connectivity index (χ1) is 6.25. The van der Waals surface area contributed by atoms with Gasteiger partial charge in [0.1, 0.15) is 0 Å². The highest BCUT2D eigenvalue weighted by molar-refractivity contribution is 4.95. The standard InChI is InChI=1S/C11H19NO/c1-9(2)7-12-5-3-11-10(8-12)4-6-13-11/h10-11H,1,3-8H2,2H3/t10-,11+/m0/s1. The van der Waals surface area contributed by atoms with Crippen molar-refractivity contribution in [2.45, 2.75) is 25.9 Å². The molecule has 2 saturated heterocycles. The van der Waals surface area contributed by atoms with Gasteiger partial charge in [0.2, 0.25) is 0 Å². The van der Waals surface area contributed by atoms with Crippen molar-refractivity contribution in [1.29, 1.82) is 0 Å². The normalized spacial score (nSPS) is 34.5. The Bertz CT molecular complexity index is 202. The molecule has 2 aliphatic heterocycles. The smallest absolute Gasteiger partial charge is 0.0628 e. The fourth-order valence-electron chi connectivity index (χ4n) is 2.48. The summed E-state index contributed by atoms with van der Waals surface area (Å²) in [5, 5.41) is 0. The summed E-state index contributed by atoms with van der Waals surface area (Å²) in [6.07, 6.45) is 3.05. The van der Waals surface area contributed by atoms with Crippen molar-refractivity contribution in [1.82, 2.24) is 4.90 Å². The second kappa shape index (κ2) is 3.81. The molecule has 0 spiro atoms. The average molecular weight is 181 g/mol. The summed E-state index contributed by atoms with van der Waals surface area (Å²) in [4.78, 5) is 2.51. The number of rotatable bonds is 2. The zero-order valence-corrected chi connectivity index (χ0v) is 8.46. The van der Waals surface area contributed by atoms with E-state index in [1.165, 1.54) is 31.5 Å². The van der Waals surface area contributed by atoms with Crippen LogP contribution in [0.5, 0.6) is 0 Å². The van der Waals surface area contributed by atoms with Crippen LogP contribution in [0.15, 0.2) is 12.2 Å². The largest absolute Gasteiger partial charge is 0.378 e. The molecule has 0 bridgehead atoms. The van der Waals surface area contributed by atoms with E-state index >= 15 is 0 Å².